The molecule has 1 amide bonds. The topological polar surface area (TPSA) is 92.4 Å². The van der Waals surface area contributed by atoms with Gasteiger partial charge in [0.25, 0.3) is 0 Å². The molecule has 0 aromatic rings. The molecule has 2 rings (SSSR count). The second kappa shape index (κ2) is 4.87. The molecule has 0 aromatic heterocycles. The average molecular weight is 238 g/mol. The van der Waals surface area contributed by atoms with Crippen molar-refractivity contribution in [3.8, 4) is 0 Å². The van der Waals surface area contributed by atoms with Crippen LogP contribution in [0.25, 0.3) is 0 Å². The van der Waals surface area contributed by atoms with Gasteiger partial charge in [-0.05, 0) is 25.7 Å². The first-order chi connectivity index (χ1) is 8.06. The summed E-state index contributed by atoms with van der Waals surface area (Å²) in [4.78, 5) is 22.6. The summed E-state index contributed by atoms with van der Waals surface area (Å²) in [5.41, 5.74) is 5.69. The molecule has 94 valence electrons. The summed E-state index contributed by atoms with van der Waals surface area (Å²) in [6, 6.07) is -0.0186. The lowest BCUT2D eigenvalue weighted by atomic mass is 10.1. The van der Waals surface area contributed by atoms with Crippen molar-refractivity contribution in [2.24, 2.45) is 17.6 Å². The third-order valence-electron chi connectivity index (χ3n) is 3.58. The Bertz CT molecular complexity index is 354. The molecule has 2 unspecified atom stereocenters. The summed E-state index contributed by atoms with van der Waals surface area (Å²) >= 11 is 0. The van der Waals surface area contributed by atoms with Gasteiger partial charge in [-0.2, -0.15) is 0 Å². The SMILES string of the molecule is NC1C=CC(C(=O)N[C@H]2CC[C@@H](C(=O)O)C2)C1. The van der Waals surface area contributed by atoms with E-state index in [0.717, 1.165) is 6.42 Å². The summed E-state index contributed by atoms with van der Waals surface area (Å²) in [6.07, 6.45) is 6.29. The van der Waals surface area contributed by atoms with E-state index < -0.39 is 5.97 Å². The Balaban J connectivity index is 1.80. The molecular weight excluding hydrogens is 220 g/mol. The Morgan fingerprint density at radius 2 is 2.00 bits per heavy atom. The highest BCUT2D eigenvalue weighted by Crippen LogP contribution is 2.26. The lowest BCUT2D eigenvalue weighted by Gasteiger charge is -2.15. The molecular formula is C12H18N2O3. The van der Waals surface area contributed by atoms with Gasteiger partial charge in [0, 0.05) is 12.1 Å². The maximum Gasteiger partial charge on any atom is 0.306 e. The van der Waals surface area contributed by atoms with Crippen molar-refractivity contribution in [2.75, 3.05) is 0 Å². The quantitative estimate of drug-likeness (QED) is 0.615. The molecule has 5 heteroatoms. The van der Waals surface area contributed by atoms with E-state index in [1.54, 1.807) is 0 Å². The van der Waals surface area contributed by atoms with Crippen LogP contribution in [-0.4, -0.2) is 29.1 Å². The lowest BCUT2D eigenvalue weighted by Crippen LogP contribution is -2.37. The first-order valence-electron chi connectivity index (χ1n) is 6.03. The van der Waals surface area contributed by atoms with Crippen molar-refractivity contribution < 1.29 is 14.7 Å². The first-order valence-corrected chi connectivity index (χ1v) is 6.03. The van der Waals surface area contributed by atoms with Crippen LogP contribution < -0.4 is 11.1 Å². The Hall–Kier alpha value is -1.36. The van der Waals surface area contributed by atoms with Gasteiger partial charge < -0.3 is 16.2 Å². The summed E-state index contributed by atoms with van der Waals surface area (Å²) in [5.74, 6) is -1.23. The fourth-order valence-corrected chi connectivity index (χ4v) is 2.57. The molecule has 2 aliphatic carbocycles. The van der Waals surface area contributed by atoms with Crippen LogP contribution in [0.5, 0.6) is 0 Å². The highest BCUT2D eigenvalue weighted by atomic mass is 16.4. The number of aliphatic carboxylic acids is 1. The Morgan fingerprint density at radius 3 is 2.53 bits per heavy atom. The minimum Gasteiger partial charge on any atom is -0.481 e. The lowest BCUT2D eigenvalue weighted by molar-refractivity contribution is -0.141. The van der Waals surface area contributed by atoms with Gasteiger partial charge in [-0.25, -0.2) is 0 Å². The largest absolute Gasteiger partial charge is 0.481 e. The number of nitrogens with two attached hydrogens (primary N) is 1. The fourth-order valence-electron chi connectivity index (χ4n) is 2.57. The second-order valence-corrected chi connectivity index (χ2v) is 4.94. The molecule has 2 aliphatic rings. The van der Waals surface area contributed by atoms with E-state index in [-0.39, 0.29) is 29.8 Å². The van der Waals surface area contributed by atoms with E-state index in [9.17, 15) is 9.59 Å². The van der Waals surface area contributed by atoms with Gasteiger partial charge in [-0.15, -0.1) is 0 Å². The molecule has 4 atom stereocenters. The van der Waals surface area contributed by atoms with E-state index >= 15 is 0 Å². The van der Waals surface area contributed by atoms with Crippen molar-refractivity contribution in [1.29, 1.82) is 0 Å². The Labute approximate surface area is 100 Å². The minimum absolute atomic E-state index is 0.00817. The number of carbonyl (C=O) groups is 2. The monoisotopic (exact) mass is 238 g/mol. The normalized spacial score (nSPS) is 36.1. The molecule has 0 aromatic carbocycles. The van der Waals surface area contributed by atoms with Crippen molar-refractivity contribution in [3.05, 3.63) is 12.2 Å². The fraction of sp³-hybridized carbons (Fsp3) is 0.667. The summed E-state index contributed by atoms with van der Waals surface area (Å²) in [7, 11) is 0. The van der Waals surface area contributed by atoms with Crippen molar-refractivity contribution >= 4 is 11.9 Å². The number of hydrogen-bond donors (Lipinski definition) is 3. The van der Waals surface area contributed by atoms with Crippen LogP contribution in [0.2, 0.25) is 0 Å². The molecule has 0 saturated heterocycles. The number of nitrogens with one attached hydrogen (secondary N) is 1. The molecule has 17 heavy (non-hydrogen) atoms. The molecule has 0 bridgehead atoms. The second-order valence-electron chi connectivity index (χ2n) is 4.94. The van der Waals surface area contributed by atoms with Crippen LogP contribution in [-0.2, 0) is 9.59 Å². The zero-order valence-corrected chi connectivity index (χ0v) is 9.63. The van der Waals surface area contributed by atoms with Crippen molar-refractivity contribution in [2.45, 2.75) is 37.8 Å². The number of rotatable bonds is 3. The number of amides is 1. The molecule has 4 N–H and O–H groups in total. The molecule has 0 spiro atoms. The predicted molar refractivity (Wildman–Crippen MR) is 62.1 cm³/mol. The van der Waals surface area contributed by atoms with Gasteiger partial charge >= 0.3 is 5.97 Å². The predicted octanol–water partition coefficient (Wildman–Crippen LogP) is 0.259. The van der Waals surface area contributed by atoms with E-state index in [2.05, 4.69) is 5.32 Å². The smallest absolute Gasteiger partial charge is 0.306 e. The van der Waals surface area contributed by atoms with Crippen LogP contribution >= 0.6 is 0 Å². The third-order valence-corrected chi connectivity index (χ3v) is 3.58. The van der Waals surface area contributed by atoms with Gasteiger partial charge in [0.2, 0.25) is 5.91 Å². The zero-order chi connectivity index (χ0) is 12.4. The minimum atomic E-state index is -0.760. The molecule has 0 aliphatic heterocycles. The average Bonchev–Trinajstić information content (AvgIpc) is 2.86. The van der Waals surface area contributed by atoms with Gasteiger partial charge in [-0.3, -0.25) is 9.59 Å². The number of carboxylic acids is 1. The molecule has 1 fully saturated rings. The molecule has 0 heterocycles. The van der Waals surface area contributed by atoms with E-state index in [1.165, 1.54) is 0 Å². The van der Waals surface area contributed by atoms with E-state index in [1.807, 2.05) is 12.2 Å². The Kier molecular flexibility index (Phi) is 3.47. The van der Waals surface area contributed by atoms with Crippen LogP contribution in [0, 0.1) is 11.8 Å². The van der Waals surface area contributed by atoms with Crippen molar-refractivity contribution in [3.63, 3.8) is 0 Å². The van der Waals surface area contributed by atoms with Gasteiger partial charge in [0.1, 0.15) is 0 Å². The highest BCUT2D eigenvalue weighted by molar-refractivity contribution is 5.81. The molecule has 1 saturated carbocycles. The zero-order valence-electron chi connectivity index (χ0n) is 9.63. The van der Waals surface area contributed by atoms with E-state index in [4.69, 9.17) is 10.8 Å². The first kappa shape index (κ1) is 12.1. The van der Waals surface area contributed by atoms with Gasteiger partial charge in [0.15, 0.2) is 0 Å². The van der Waals surface area contributed by atoms with Gasteiger partial charge in [-0.1, -0.05) is 12.2 Å². The number of carboxylic acid groups (broad SMARTS) is 1. The number of carbonyl (C=O) groups excluding carboxylic acids is 1. The summed E-state index contributed by atoms with van der Waals surface area (Å²) < 4.78 is 0. The summed E-state index contributed by atoms with van der Waals surface area (Å²) in [5, 5.41) is 11.8. The standard InChI is InChI=1S/C12H18N2O3/c13-9-3-1-7(5-9)11(15)14-10-4-2-8(6-10)12(16)17/h1,3,7-10H,2,4-6,13H2,(H,14,15)(H,16,17)/t7?,8-,9?,10+/m1/s1. The molecule has 0 radical (unpaired) electrons. The van der Waals surface area contributed by atoms with Crippen LogP contribution in [0.15, 0.2) is 12.2 Å². The summed E-state index contributed by atoms with van der Waals surface area (Å²) in [6.45, 7) is 0. The Morgan fingerprint density at radius 1 is 1.24 bits per heavy atom. The van der Waals surface area contributed by atoms with Gasteiger partial charge in [0.05, 0.1) is 11.8 Å². The highest BCUT2D eigenvalue weighted by Gasteiger charge is 2.32. The maximum absolute atomic E-state index is 11.9. The van der Waals surface area contributed by atoms with Crippen molar-refractivity contribution in [1.82, 2.24) is 5.32 Å². The maximum atomic E-state index is 11.9. The third kappa shape index (κ3) is 2.85. The van der Waals surface area contributed by atoms with Crippen LogP contribution in [0.3, 0.4) is 0 Å². The molecule has 5 nitrogen and oxygen atoms in total. The number of hydrogen-bond acceptors (Lipinski definition) is 3. The van der Waals surface area contributed by atoms with Crippen LogP contribution in [0.4, 0.5) is 0 Å². The van der Waals surface area contributed by atoms with Crippen LogP contribution in [0.1, 0.15) is 25.7 Å². The van der Waals surface area contributed by atoms with E-state index in [0.29, 0.717) is 19.3 Å².